The maximum atomic E-state index is 12.5. The monoisotopic (exact) mass is 388 g/mol. The number of carbonyl (C=O) groups is 1. The number of esters is 1. The van der Waals surface area contributed by atoms with Crippen LogP contribution in [0.5, 0.6) is 0 Å². The Morgan fingerprint density at radius 2 is 2.09 bits per heavy atom. The van der Waals surface area contributed by atoms with Gasteiger partial charge in [0.15, 0.2) is 6.04 Å². The lowest BCUT2D eigenvalue weighted by molar-refractivity contribution is -0.145. The van der Waals surface area contributed by atoms with Gasteiger partial charge in [-0.05, 0) is 37.0 Å². The summed E-state index contributed by atoms with van der Waals surface area (Å²) in [6.45, 7) is 0. The Balaban J connectivity index is 2.10. The van der Waals surface area contributed by atoms with E-state index in [0.717, 1.165) is 14.5 Å². The van der Waals surface area contributed by atoms with Crippen molar-refractivity contribution in [2.45, 2.75) is 25.3 Å². The van der Waals surface area contributed by atoms with Crippen molar-refractivity contribution < 1.29 is 17.9 Å². The summed E-state index contributed by atoms with van der Waals surface area (Å²) in [6.07, 6.45) is 2.80. The highest BCUT2D eigenvalue weighted by molar-refractivity contribution is 9.10. The molecule has 0 bridgehead atoms. The zero-order valence-corrected chi connectivity index (χ0v) is 14.5. The largest absolute Gasteiger partial charge is 0.467 e. The summed E-state index contributed by atoms with van der Waals surface area (Å²) in [5.74, 6) is -0.691. The van der Waals surface area contributed by atoms with Crippen molar-refractivity contribution in [1.29, 1.82) is 0 Å². The number of rotatable bonds is 5. The first-order valence-corrected chi connectivity index (χ1v) is 9.21. The van der Waals surface area contributed by atoms with Gasteiger partial charge in [0.2, 0.25) is 0 Å². The van der Waals surface area contributed by atoms with Gasteiger partial charge >= 0.3 is 5.97 Å². The van der Waals surface area contributed by atoms with E-state index in [1.807, 2.05) is 24.3 Å². The van der Waals surface area contributed by atoms with E-state index in [4.69, 9.17) is 0 Å². The summed E-state index contributed by atoms with van der Waals surface area (Å²) in [5, 5.41) is 3.89. The first-order chi connectivity index (χ1) is 10.4. The summed E-state index contributed by atoms with van der Waals surface area (Å²) in [4.78, 5) is 11.7. The Morgan fingerprint density at radius 3 is 2.73 bits per heavy atom. The molecule has 0 N–H and O–H groups in total. The highest BCUT2D eigenvalue weighted by atomic mass is 79.9. The van der Waals surface area contributed by atoms with E-state index in [0.29, 0.717) is 19.3 Å². The van der Waals surface area contributed by atoms with Gasteiger partial charge < -0.3 is 4.74 Å². The molecular formula is C14H17BrN2O4S. The summed E-state index contributed by atoms with van der Waals surface area (Å²) < 4.78 is 31.4. The second-order valence-corrected chi connectivity index (χ2v) is 7.74. The maximum Gasteiger partial charge on any atom is 0.331 e. The average Bonchev–Trinajstić information content (AvgIpc) is 2.53. The Bertz CT molecular complexity index is 658. The molecule has 1 heterocycles. The SMILES string of the molecule is COC(=O)C1CCC=NN1S(=O)(=O)CCc1ccc(Br)cc1. The number of aryl methyl sites for hydroxylation is 1. The lowest BCUT2D eigenvalue weighted by Gasteiger charge is -2.28. The minimum atomic E-state index is -3.67. The molecule has 1 unspecified atom stereocenters. The Morgan fingerprint density at radius 1 is 1.41 bits per heavy atom. The van der Waals surface area contributed by atoms with Crippen LogP contribution in [0.3, 0.4) is 0 Å². The number of carbonyl (C=O) groups excluding carboxylic acids is 1. The number of benzene rings is 1. The molecule has 8 heteroatoms. The quantitative estimate of drug-likeness (QED) is 0.722. The van der Waals surface area contributed by atoms with Crippen molar-refractivity contribution in [3.05, 3.63) is 34.3 Å². The van der Waals surface area contributed by atoms with Crippen LogP contribution >= 0.6 is 15.9 Å². The number of methoxy groups -OCH3 is 1. The van der Waals surface area contributed by atoms with E-state index in [-0.39, 0.29) is 5.75 Å². The number of hydrogen-bond donors (Lipinski definition) is 0. The lowest BCUT2D eigenvalue weighted by atomic mass is 10.1. The molecular weight excluding hydrogens is 372 g/mol. The second-order valence-electron chi connectivity index (χ2n) is 4.88. The predicted molar refractivity (Wildman–Crippen MR) is 87.0 cm³/mol. The molecule has 2 rings (SSSR count). The first kappa shape index (κ1) is 17.0. The molecule has 1 atom stereocenters. The molecule has 6 nitrogen and oxygen atoms in total. The molecule has 0 amide bonds. The molecule has 1 aromatic rings. The third-order valence-corrected chi connectivity index (χ3v) is 5.52. The summed E-state index contributed by atoms with van der Waals surface area (Å²) in [5.41, 5.74) is 0.905. The number of hydrogen-bond acceptors (Lipinski definition) is 5. The van der Waals surface area contributed by atoms with Crippen LogP contribution in [0.4, 0.5) is 0 Å². The fourth-order valence-corrected chi connectivity index (χ4v) is 3.90. The molecule has 0 aromatic heterocycles. The fourth-order valence-electron chi connectivity index (χ4n) is 2.16. The van der Waals surface area contributed by atoms with Gasteiger partial charge in [-0.25, -0.2) is 13.2 Å². The molecule has 1 aliphatic rings. The van der Waals surface area contributed by atoms with E-state index in [9.17, 15) is 13.2 Å². The zero-order chi connectivity index (χ0) is 16.2. The standard InChI is InChI=1S/C14H17BrN2O4S/c1-21-14(18)13-3-2-9-16-17(13)22(19,20)10-8-11-4-6-12(15)7-5-11/h4-7,9,13H,2-3,8,10H2,1H3. The topological polar surface area (TPSA) is 76.0 Å². The van der Waals surface area contributed by atoms with Crippen LogP contribution < -0.4 is 0 Å². The first-order valence-electron chi connectivity index (χ1n) is 6.81. The van der Waals surface area contributed by atoms with Gasteiger partial charge in [-0.15, -0.1) is 0 Å². The van der Waals surface area contributed by atoms with E-state index in [2.05, 4.69) is 25.8 Å². The van der Waals surface area contributed by atoms with Gasteiger partial charge in [-0.2, -0.15) is 9.52 Å². The smallest absolute Gasteiger partial charge is 0.331 e. The summed E-state index contributed by atoms with van der Waals surface area (Å²) in [7, 11) is -2.43. The molecule has 0 spiro atoms. The summed E-state index contributed by atoms with van der Waals surface area (Å²) >= 11 is 3.33. The number of nitrogens with zero attached hydrogens (tertiary/aromatic N) is 2. The van der Waals surface area contributed by atoms with Crippen molar-refractivity contribution in [2.24, 2.45) is 5.10 Å². The third kappa shape index (κ3) is 4.07. The normalized spacial score (nSPS) is 18.3. The zero-order valence-electron chi connectivity index (χ0n) is 12.1. The average molecular weight is 389 g/mol. The van der Waals surface area contributed by atoms with Crippen molar-refractivity contribution >= 4 is 38.1 Å². The molecule has 0 fully saturated rings. The molecule has 0 saturated carbocycles. The highest BCUT2D eigenvalue weighted by Crippen LogP contribution is 2.19. The second kappa shape index (κ2) is 7.23. The Kier molecular flexibility index (Phi) is 5.57. The molecule has 0 radical (unpaired) electrons. The molecule has 0 aliphatic carbocycles. The third-order valence-electron chi connectivity index (χ3n) is 3.35. The van der Waals surface area contributed by atoms with Crippen LogP contribution in [0, 0.1) is 0 Å². The minimum absolute atomic E-state index is 0.112. The van der Waals surface area contributed by atoms with Crippen molar-refractivity contribution in [1.82, 2.24) is 4.41 Å². The van der Waals surface area contributed by atoms with Crippen molar-refractivity contribution in [2.75, 3.05) is 12.9 Å². The van der Waals surface area contributed by atoms with Gasteiger partial charge in [0.25, 0.3) is 10.0 Å². The molecule has 1 aliphatic heterocycles. The van der Waals surface area contributed by atoms with Crippen LogP contribution in [0.15, 0.2) is 33.8 Å². The van der Waals surface area contributed by atoms with E-state index in [1.54, 1.807) is 0 Å². The molecule has 0 saturated heterocycles. The van der Waals surface area contributed by atoms with Gasteiger partial charge in [0.1, 0.15) is 0 Å². The van der Waals surface area contributed by atoms with Crippen molar-refractivity contribution in [3.63, 3.8) is 0 Å². The van der Waals surface area contributed by atoms with Gasteiger partial charge in [-0.1, -0.05) is 28.1 Å². The highest BCUT2D eigenvalue weighted by Gasteiger charge is 2.35. The van der Waals surface area contributed by atoms with E-state index >= 15 is 0 Å². The summed E-state index contributed by atoms with van der Waals surface area (Å²) in [6, 6.07) is 6.56. The van der Waals surface area contributed by atoms with Crippen molar-refractivity contribution in [3.8, 4) is 0 Å². The Hall–Kier alpha value is -1.41. The number of sulfonamides is 1. The minimum Gasteiger partial charge on any atom is -0.467 e. The lowest BCUT2D eigenvalue weighted by Crippen LogP contribution is -2.45. The van der Waals surface area contributed by atoms with Crippen LogP contribution in [-0.2, 0) is 26.0 Å². The number of halogens is 1. The number of hydrazone groups is 1. The maximum absolute atomic E-state index is 12.5. The van der Waals surface area contributed by atoms with Gasteiger partial charge in [0, 0.05) is 10.7 Å². The van der Waals surface area contributed by atoms with Crippen LogP contribution in [0.25, 0.3) is 0 Å². The van der Waals surface area contributed by atoms with Gasteiger partial charge in [0.05, 0.1) is 12.9 Å². The van der Waals surface area contributed by atoms with E-state index in [1.165, 1.54) is 13.3 Å². The Labute approximate surface area is 138 Å². The van der Waals surface area contributed by atoms with Crippen LogP contribution in [0.2, 0.25) is 0 Å². The molecule has 22 heavy (non-hydrogen) atoms. The fraction of sp³-hybridized carbons (Fsp3) is 0.429. The number of ether oxygens (including phenoxy) is 1. The predicted octanol–water partition coefficient (Wildman–Crippen LogP) is 1.94. The van der Waals surface area contributed by atoms with Crippen LogP contribution in [-0.4, -0.2) is 43.9 Å². The van der Waals surface area contributed by atoms with Gasteiger partial charge in [-0.3, -0.25) is 0 Å². The van der Waals surface area contributed by atoms with Crippen LogP contribution in [0.1, 0.15) is 18.4 Å². The molecule has 1 aromatic carbocycles. The molecule has 120 valence electrons. The van der Waals surface area contributed by atoms with E-state index < -0.39 is 22.0 Å².